The molecule has 1 fully saturated rings. The molecule has 4 nitrogen and oxygen atoms in total. The van der Waals surface area contributed by atoms with Crippen LogP contribution < -0.4 is 15.8 Å². The average Bonchev–Trinajstić information content (AvgIpc) is 3.21. The van der Waals surface area contributed by atoms with E-state index in [1.165, 1.54) is 12.1 Å². The molecule has 2 rings (SSSR count). The summed E-state index contributed by atoms with van der Waals surface area (Å²) < 4.78 is 19.0. The summed E-state index contributed by atoms with van der Waals surface area (Å²) in [6.45, 7) is 2.25. The van der Waals surface area contributed by atoms with Gasteiger partial charge < -0.3 is 15.8 Å². The fourth-order valence-corrected chi connectivity index (χ4v) is 2.06. The van der Waals surface area contributed by atoms with Crippen molar-refractivity contribution < 1.29 is 13.9 Å². The van der Waals surface area contributed by atoms with Crippen LogP contribution in [0.2, 0.25) is 0 Å². The summed E-state index contributed by atoms with van der Waals surface area (Å²) in [6.07, 6.45) is 3.88. The molecule has 1 unspecified atom stereocenters. The largest absolute Gasteiger partial charge is 0.493 e. The lowest BCUT2D eigenvalue weighted by Gasteiger charge is -2.11. The van der Waals surface area contributed by atoms with E-state index >= 15 is 0 Å². The molecule has 1 atom stereocenters. The van der Waals surface area contributed by atoms with Gasteiger partial charge in [-0.05, 0) is 43.4 Å². The lowest BCUT2D eigenvalue weighted by Crippen LogP contribution is -2.26. The highest BCUT2D eigenvalue weighted by molar-refractivity contribution is 5.76. The van der Waals surface area contributed by atoms with Crippen molar-refractivity contribution in [3.05, 3.63) is 29.6 Å². The van der Waals surface area contributed by atoms with E-state index in [0.717, 1.165) is 24.8 Å². The number of nitrogens with two attached hydrogens (primary N) is 1. The lowest BCUT2D eigenvalue weighted by molar-refractivity contribution is -0.121. The number of rotatable bonds is 8. The Morgan fingerprint density at radius 2 is 2.24 bits per heavy atom. The van der Waals surface area contributed by atoms with Gasteiger partial charge in [-0.1, -0.05) is 6.92 Å². The summed E-state index contributed by atoms with van der Waals surface area (Å²) in [4.78, 5) is 11.5. The van der Waals surface area contributed by atoms with Gasteiger partial charge in [0, 0.05) is 18.2 Å². The maximum Gasteiger partial charge on any atom is 0.223 e. The third kappa shape index (κ3) is 5.71. The van der Waals surface area contributed by atoms with Gasteiger partial charge in [0.1, 0.15) is 11.6 Å². The summed E-state index contributed by atoms with van der Waals surface area (Å²) in [5.41, 5.74) is 6.70. The van der Waals surface area contributed by atoms with E-state index in [4.69, 9.17) is 10.5 Å². The fraction of sp³-hybridized carbons (Fsp3) is 0.562. The van der Waals surface area contributed by atoms with Crippen molar-refractivity contribution in [1.82, 2.24) is 5.32 Å². The Balaban J connectivity index is 1.82. The van der Waals surface area contributed by atoms with E-state index in [1.807, 2.05) is 6.92 Å². The molecule has 5 heteroatoms. The molecule has 1 aromatic carbocycles. The Hall–Kier alpha value is -1.62. The van der Waals surface area contributed by atoms with Crippen molar-refractivity contribution in [3.8, 4) is 5.75 Å². The minimum absolute atomic E-state index is 0.0119. The number of nitrogens with one attached hydrogen (secondary N) is 1. The molecule has 21 heavy (non-hydrogen) atoms. The molecule has 1 aromatic rings. The van der Waals surface area contributed by atoms with Gasteiger partial charge in [-0.2, -0.15) is 0 Å². The number of carbonyl (C=O) groups is 1. The first-order valence-corrected chi connectivity index (χ1v) is 7.54. The first-order chi connectivity index (χ1) is 10.1. The van der Waals surface area contributed by atoms with Crippen LogP contribution >= 0.6 is 0 Å². The monoisotopic (exact) mass is 294 g/mol. The molecule has 1 aliphatic rings. The zero-order valence-corrected chi connectivity index (χ0v) is 12.4. The van der Waals surface area contributed by atoms with Gasteiger partial charge in [-0.25, -0.2) is 4.39 Å². The second kappa shape index (κ2) is 7.41. The summed E-state index contributed by atoms with van der Waals surface area (Å²) >= 11 is 0. The molecule has 0 bridgehead atoms. The van der Waals surface area contributed by atoms with Crippen LogP contribution in [0.15, 0.2) is 18.2 Å². The first-order valence-electron chi connectivity index (χ1n) is 7.54. The smallest absolute Gasteiger partial charge is 0.223 e. The second-order valence-electron chi connectivity index (χ2n) is 5.61. The number of amides is 1. The zero-order chi connectivity index (χ0) is 15.2. The van der Waals surface area contributed by atoms with Gasteiger partial charge >= 0.3 is 0 Å². The third-order valence-electron chi connectivity index (χ3n) is 3.49. The summed E-state index contributed by atoms with van der Waals surface area (Å²) in [5, 5.41) is 2.89. The topological polar surface area (TPSA) is 64.3 Å². The summed E-state index contributed by atoms with van der Waals surface area (Å²) in [6, 6.07) is 4.97. The van der Waals surface area contributed by atoms with Crippen LogP contribution in [0.25, 0.3) is 0 Å². The molecule has 3 N–H and O–H groups in total. The predicted octanol–water partition coefficient (Wildman–Crippen LogP) is 2.15. The van der Waals surface area contributed by atoms with Gasteiger partial charge in [0.05, 0.1) is 13.0 Å². The highest BCUT2D eigenvalue weighted by Gasteiger charge is 2.22. The maximum absolute atomic E-state index is 13.5. The molecule has 0 saturated heterocycles. The Kier molecular flexibility index (Phi) is 5.56. The molecular formula is C16H23FN2O2. The van der Waals surface area contributed by atoms with Crippen LogP contribution in [-0.4, -0.2) is 24.6 Å². The first kappa shape index (κ1) is 15.8. The maximum atomic E-state index is 13.5. The quantitative estimate of drug-likeness (QED) is 0.772. The molecule has 0 heterocycles. The number of halogens is 1. The van der Waals surface area contributed by atoms with Crippen molar-refractivity contribution in [2.45, 2.75) is 51.1 Å². The van der Waals surface area contributed by atoms with Crippen LogP contribution in [-0.2, 0) is 11.2 Å². The Labute approximate surface area is 124 Å². The SMILES string of the molecule is CCC(N)Cc1cc(F)cc(OCCC(=O)NC2CC2)c1. The number of hydrogen-bond donors (Lipinski definition) is 2. The van der Waals surface area contributed by atoms with Crippen molar-refractivity contribution in [1.29, 1.82) is 0 Å². The van der Waals surface area contributed by atoms with Crippen LogP contribution in [0.5, 0.6) is 5.75 Å². The minimum Gasteiger partial charge on any atom is -0.493 e. The molecule has 1 aliphatic carbocycles. The van der Waals surface area contributed by atoms with Crippen LogP contribution in [0.3, 0.4) is 0 Å². The van der Waals surface area contributed by atoms with Gasteiger partial charge in [-0.15, -0.1) is 0 Å². The highest BCUT2D eigenvalue weighted by atomic mass is 19.1. The molecule has 1 amide bonds. The number of hydrogen-bond acceptors (Lipinski definition) is 3. The van der Waals surface area contributed by atoms with Crippen LogP contribution in [0.1, 0.15) is 38.2 Å². The molecular weight excluding hydrogens is 271 g/mol. The third-order valence-corrected chi connectivity index (χ3v) is 3.49. The predicted molar refractivity (Wildman–Crippen MR) is 79.6 cm³/mol. The van der Waals surface area contributed by atoms with E-state index in [-0.39, 0.29) is 30.8 Å². The molecule has 0 spiro atoms. The summed E-state index contributed by atoms with van der Waals surface area (Å²) in [5.74, 6) is 0.0999. The van der Waals surface area contributed by atoms with E-state index in [1.54, 1.807) is 6.07 Å². The van der Waals surface area contributed by atoms with Crippen LogP contribution in [0, 0.1) is 5.82 Å². The van der Waals surface area contributed by atoms with Crippen molar-refractivity contribution in [2.75, 3.05) is 6.61 Å². The number of carbonyl (C=O) groups excluding carboxylic acids is 1. The van der Waals surface area contributed by atoms with E-state index in [0.29, 0.717) is 18.2 Å². The van der Waals surface area contributed by atoms with Gasteiger partial charge in [0.25, 0.3) is 0 Å². The highest BCUT2D eigenvalue weighted by Crippen LogP contribution is 2.19. The fourth-order valence-electron chi connectivity index (χ4n) is 2.06. The Bertz CT molecular complexity index is 489. The molecule has 116 valence electrons. The standard InChI is InChI=1S/C16H23FN2O2/c1-2-13(18)8-11-7-12(17)10-15(9-11)21-6-5-16(20)19-14-3-4-14/h7,9-10,13-14H,2-6,8,18H2,1H3,(H,19,20). The van der Waals surface area contributed by atoms with Gasteiger partial charge in [0.15, 0.2) is 0 Å². The molecule has 0 radical (unpaired) electrons. The lowest BCUT2D eigenvalue weighted by atomic mass is 10.0. The zero-order valence-electron chi connectivity index (χ0n) is 12.4. The average molecular weight is 294 g/mol. The van der Waals surface area contributed by atoms with Crippen molar-refractivity contribution >= 4 is 5.91 Å². The second-order valence-corrected chi connectivity index (χ2v) is 5.61. The molecule has 1 saturated carbocycles. The van der Waals surface area contributed by atoms with Crippen molar-refractivity contribution in [2.24, 2.45) is 5.73 Å². The van der Waals surface area contributed by atoms with E-state index < -0.39 is 0 Å². The Morgan fingerprint density at radius 1 is 1.48 bits per heavy atom. The number of ether oxygens (including phenoxy) is 1. The normalized spacial score (nSPS) is 15.6. The van der Waals surface area contributed by atoms with E-state index in [9.17, 15) is 9.18 Å². The molecule has 0 aliphatic heterocycles. The van der Waals surface area contributed by atoms with Crippen molar-refractivity contribution in [3.63, 3.8) is 0 Å². The van der Waals surface area contributed by atoms with Crippen LogP contribution in [0.4, 0.5) is 4.39 Å². The summed E-state index contributed by atoms with van der Waals surface area (Å²) in [7, 11) is 0. The van der Waals surface area contributed by atoms with E-state index in [2.05, 4.69) is 5.32 Å². The Morgan fingerprint density at radius 3 is 2.90 bits per heavy atom. The van der Waals surface area contributed by atoms with Gasteiger partial charge in [-0.3, -0.25) is 4.79 Å². The van der Waals surface area contributed by atoms with Gasteiger partial charge in [0.2, 0.25) is 5.91 Å². The minimum atomic E-state index is -0.340. The molecule has 0 aromatic heterocycles. The number of benzene rings is 1.